The molecule has 0 radical (unpaired) electrons. The molecule has 0 saturated heterocycles. The summed E-state index contributed by atoms with van der Waals surface area (Å²) in [6.45, 7) is 5.88. The number of nitrogens with one attached hydrogen (secondary N) is 3. The van der Waals surface area contributed by atoms with Crippen LogP contribution in [0.5, 0.6) is 0 Å². The van der Waals surface area contributed by atoms with Crippen LogP contribution in [0.4, 0.5) is 5.69 Å². The second-order valence-corrected chi connectivity index (χ2v) is 6.51. The Hall–Kier alpha value is -2.41. The lowest BCUT2D eigenvalue weighted by Crippen LogP contribution is -2.34. The van der Waals surface area contributed by atoms with E-state index < -0.39 is 5.60 Å². The predicted molar refractivity (Wildman–Crippen MR) is 97.4 cm³/mol. The second kappa shape index (κ2) is 8.11. The first-order valence-corrected chi connectivity index (χ1v) is 8.65. The molecule has 4 N–H and O–H groups in total. The van der Waals surface area contributed by atoms with Gasteiger partial charge < -0.3 is 10.4 Å². The number of aromatic nitrogens is 3. The highest BCUT2D eigenvalue weighted by molar-refractivity contribution is 5.92. The van der Waals surface area contributed by atoms with Crippen molar-refractivity contribution in [2.24, 2.45) is 0 Å². The number of nitrogens with zero attached hydrogens (tertiary/aromatic N) is 1. The van der Waals surface area contributed by atoms with Crippen LogP contribution >= 0.6 is 0 Å². The largest absolute Gasteiger partial charge is 0.389 e. The lowest BCUT2D eigenvalue weighted by molar-refractivity contribution is -0.121. The van der Waals surface area contributed by atoms with Crippen molar-refractivity contribution in [2.45, 2.75) is 58.5 Å². The Kier molecular flexibility index (Phi) is 6.14. The van der Waals surface area contributed by atoms with Gasteiger partial charge in [-0.15, -0.1) is 0 Å². The molecule has 1 amide bonds. The molecule has 0 aliphatic carbocycles. The first-order chi connectivity index (χ1) is 11.9. The van der Waals surface area contributed by atoms with Crippen LogP contribution in [0.3, 0.4) is 0 Å². The minimum absolute atomic E-state index is 0.0670. The van der Waals surface area contributed by atoms with Gasteiger partial charge in [0, 0.05) is 11.3 Å². The zero-order valence-electron chi connectivity index (χ0n) is 15.0. The number of H-pyrrole nitrogens is 2. The average molecular weight is 346 g/mol. The summed E-state index contributed by atoms with van der Waals surface area (Å²) in [5, 5.41) is 19.7. The topological polar surface area (TPSA) is 111 Å². The predicted octanol–water partition coefficient (Wildman–Crippen LogP) is 2.73. The van der Waals surface area contributed by atoms with Crippen molar-refractivity contribution < 1.29 is 9.90 Å². The van der Waals surface area contributed by atoms with Crippen molar-refractivity contribution in [3.63, 3.8) is 0 Å². The fraction of sp³-hybridized carbons (Fsp3) is 0.500. The number of rotatable bonds is 8. The maximum Gasteiger partial charge on any atom is 0.340 e. The fourth-order valence-corrected chi connectivity index (χ4v) is 3.04. The van der Waals surface area contributed by atoms with Crippen LogP contribution in [0.2, 0.25) is 0 Å². The third-order valence-electron chi connectivity index (χ3n) is 4.21. The molecule has 0 aliphatic rings. The van der Waals surface area contributed by atoms with E-state index in [-0.39, 0.29) is 18.0 Å². The van der Waals surface area contributed by atoms with Gasteiger partial charge in [-0.3, -0.25) is 9.78 Å². The normalized spacial score (nSPS) is 11.5. The molecule has 2 rings (SSSR count). The van der Waals surface area contributed by atoms with Crippen LogP contribution < -0.4 is 11.0 Å². The summed E-state index contributed by atoms with van der Waals surface area (Å²) >= 11 is 0. The Labute approximate surface area is 146 Å². The molecule has 1 aromatic heterocycles. The van der Waals surface area contributed by atoms with Crippen LogP contribution in [0, 0.1) is 6.92 Å². The Balaban J connectivity index is 2.16. The van der Waals surface area contributed by atoms with Gasteiger partial charge in [0.25, 0.3) is 0 Å². The van der Waals surface area contributed by atoms with Crippen molar-refractivity contribution in [3.05, 3.63) is 34.2 Å². The highest BCUT2D eigenvalue weighted by Crippen LogP contribution is 2.26. The van der Waals surface area contributed by atoms with Gasteiger partial charge in [0.05, 0.1) is 12.0 Å². The van der Waals surface area contributed by atoms with Crippen LogP contribution in [-0.4, -0.2) is 31.8 Å². The molecular formula is C18H26N4O3. The number of carbonyl (C=O) groups excluding carboxylic acids is 1. The van der Waals surface area contributed by atoms with E-state index >= 15 is 0 Å². The Morgan fingerprint density at radius 3 is 2.52 bits per heavy atom. The third kappa shape index (κ3) is 5.03. The smallest absolute Gasteiger partial charge is 0.340 e. The Morgan fingerprint density at radius 1 is 1.28 bits per heavy atom. The van der Waals surface area contributed by atoms with Crippen LogP contribution in [0.15, 0.2) is 23.0 Å². The molecule has 0 unspecified atom stereocenters. The number of aromatic amines is 2. The van der Waals surface area contributed by atoms with Crippen LogP contribution in [0.1, 0.15) is 51.5 Å². The van der Waals surface area contributed by atoms with Crippen molar-refractivity contribution >= 4 is 11.6 Å². The summed E-state index contributed by atoms with van der Waals surface area (Å²) in [6.07, 6.45) is 2.91. The summed E-state index contributed by atoms with van der Waals surface area (Å²) in [7, 11) is 0. The summed E-state index contributed by atoms with van der Waals surface area (Å²) in [5.41, 5.74) is 0.875. The Morgan fingerprint density at radius 2 is 1.96 bits per heavy atom. The zero-order chi connectivity index (χ0) is 18.4. The quantitative estimate of drug-likeness (QED) is 0.589. The number of amides is 1. The second-order valence-electron chi connectivity index (χ2n) is 6.51. The molecule has 2 aromatic rings. The first-order valence-electron chi connectivity index (χ1n) is 8.65. The summed E-state index contributed by atoms with van der Waals surface area (Å²) in [5.74, 6) is 0.189. The summed E-state index contributed by atoms with van der Waals surface area (Å²) in [6, 6.07) is 5.43. The SMILES string of the molecule is CCCC(O)(CCC)CC(=O)Nc1cc(-c2n[nH]c(=O)[nH]2)ccc1C. The van der Waals surface area contributed by atoms with Gasteiger partial charge in [0.2, 0.25) is 5.91 Å². The minimum atomic E-state index is -0.966. The van der Waals surface area contributed by atoms with Crippen molar-refractivity contribution in [3.8, 4) is 11.4 Å². The van der Waals surface area contributed by atoms with Gasteiger partial charge >= 0.3 is 5.69 Å². The van der Waals surface area contributed by atoms with Gasteiger partial charge in [0.1, 0.15) is 0 Å². The van der Waals surface area contributed by atoms with E-state index in [1.165, 1.54) is 0 Å². The summed E-state index contributed by atoms with van der Waals surface area (Å²) in [4.78, 5) is 26.2. The minimum Gasteiger partial charge on any atom is -0.389 e. The zero-order valence-corrected chi connectivity index (χ0v) is 15.0. The molecule has 1 heterocycles. The van der Waals surface area contributed by atoms with Gasteiger partial charge in [-0.2, -0.15) is 5.10 Å². The van der Waals surface area contributed by atoms with E-state index in [1.54, 1.807) is 6.07 Å². The number of benzene rings is 1. The number of hydrogen-bond acceptors (Lipinski definition) is 4. The van der Waals surface area contributed by atoms with Gasteiger partial charge in [-0.05, 0) is 31.4 Å². The van der Waals surface area contributed by atoms with E-state index in [4.69, 9.17) is 0 Å². The number of anilines is 1. The molecule has 25 heavy (non-hydrogen) atoms. The summed E-state index contributed by atoms with van der Waals surface area (Å²) < 4.78 is 0. The third-order valence-corrected chi connectivity index (χ3v) is 4.21. The van der Waals surface area contributed by atoms with Crippen molar-refractivity contribution in [1.29, 1.82) is 0 Å². The fourth-order valence-electron chi connectivity index (χ4n) is 3.04. The van der Waals surface area contributed by atoms with Crippen LogP contribution in [-0.2, 0) is 4.79 Å². The maximum atomic E-state index is 12.4. The molecule has 0 aliphatic heterocycles. The van der Waals surface area contributed by atoms with E-state index in [1.807, 2.05) is 32.9 Å². The molecule has 0 bridgehead atoms. The lowest BCUT2D eigenvalue weighted by atomic mass is 9.89. The highest BCUT2D eigenvalue weighted by Gasteiger charge is 2.28. The van der Waals surface area contributed by atoms with Crippen molar-refractivity contribution in [2.75, 3.05) is 5.32 Å². The molecule has 7 heteroatoms. The lowest BCUT2D eigenvalue weighted by Gasteiger charge is -2.27. The molecular weight excluding hydrogens is 320 g/mol. The standard InChI is InChI=1S/C18H26N4O3/c1-4-8-18(25,9-5-2)11-15(23)19-14-10-13(7-6-12(14)3)16-20-17(24)22-21-16/h6-7,10,25H,4-5,8-9,11H2,1-3H3,(H,19,23)(H2,20,21,22,24). The van der Waals surface area contributed by atoms with Crippen molar-refractivity contribution in [1.82, 2.24) is 15.2 Å². The molecule has 0 saturated carbocycles. The van der Waals surface area contributed by atoms with Crippen LogP contribution in [0.25, 0.3) is 11.4 Å². The molecule has 7 nitrogen and oxygen atoms in total. The van der Waals surface area contributed by atoms with E-state index in [0.29, 0.717) is 29.9 Å². The maximum absolute atomic E-state index is 12.4. The van der Waals surface area contributed by atoms with E-state index in [2.05, 4.69) is 20.5 Å². The molecule has 1 aromatic carbocycles. The van der Waals surface area contributed by atoms with Gasteiger partial charge in [0.15, 0.2) is 5.82 Å². The molecule has 0 atom stereocenters. The number of carbonyl (C=O) groups is 1. The van der Waals surface area contributed by atoms with E-state index in [9.17, 15) is 14.7 Å². The monoisotopic (exact) mass is 346 g/mol. The van der Waals surface area contributed by atoms with E-state index in [0.717, 1.165) is 18.4 Å². The molecule has 0 fully saturated rings. The molecule has 136 valence electrons. The number of hydrogen-bond donors (Lipinski definition) is 4. The highest BCUT2D eigenvalue weighted by atomic mass is 16.3. The average Bonchev–Trinajstić information content (AvgIpc) is 2.96. The number of aliphatic hydroxyl groups is 1. The Bertz CT molecular complexity index is 773. The molecule has 0 spiro atoms. The first kappa shape index (κ1) is 18.9. The van der Waals surface area contributed by atoms with Gasteiger partial charge in [-0.25, -0.2) is 9.89 Å². The number of aryl methyl sites for hydroxylation is 1. The van der Waals surface area contributed by atoms with Gasteiger partial charge in [-0.1, -0.05) is 38.8 Å².